The number of alkyl halides is 3. The van der Waals surface area contributed by atoms with E-state index in [2.05, 4.69) is 21.6 Å². The number of methoxy groups -OCH3 is 1. The number of nitrogens with zero attached hydrogens (tertiary/aromatic N) is 3. The molecule has 0 aliphatic rings. The molecule has 0 radical (unpaired) electrons. The summed E-state index contributed by atoms with van der Waals surface area (Å²) in [7, 11) is 1.14. The summed E-state index contributed by atoms with van der Waals surface area (Å²) in [6.45, 7) is 2.99. The van der Waals surface area contributed by atoms with Crippen molar-refractivity contribution in [1.82, 2.24) is 14.8 Å². The smallest absolute Gasteiger partial charge is 0.416 e. The van der Waals surface area contributed by atoms with Crippen molar-refractivity contribution in [1.29, 1.82) is 0 Å². The number of carbonyl (C=O) groups is 1. The zero-order valence-corrected chi connectivity index (χ0v) is 9.73. The molecule has 0 aliphatic heterocycles. The van der Waals surface area contributed by atoms with Gasteiger partial charge in [-0.3, -0.25) is 0 Å². The van der Waals surface area contributed by atoms with E-state index in [0.29, 0.717) is 0 Å². The Kier molecular flexibility index (Phi) is 3.01. The van der Waals surface area contributed by atoms with E-state index in [1.165, 1.54) is 16.8 Å². The van der Waals surface area contributed by atoms with Crippen LogP contribution in [0.25, 0.3) is 11.1 Å². The predicted octanol–water partition coefficient (Wildman–Crippen LogP) is 2.09. The summed E-state index contributed by atoms with van der Waals surface area (Å²) in [6, 6.07) is 2.33. The van der Waals surface area contributed by atoms with Gasteiger partial charge in [-0.1, -0.05) is 11.8 Å². The Morgan fingerprint density at radius 3 is 2.74 bits per heavy atom. The SMILES string of the molecule is C=C(c1ccn2nnc(C(=O)OC)c2c1)C(F)(F)F. The highest BCUT2D eigenvalue weighted by atomic mass is 19.4. The van der Waals surface area contributed by atoms with E-state index in [0.717, 1.165) is 13.2 Å². The van der Waals surface area contributed by atoms with Gasteiger partial charge in [0.05, 0.1) is 12.7 Å². The minimum atomic E-state index is -4.54. The highest BCUT2D eigenvalue weighted by Gasteiger charge is 2.33. The number of hydrogen-bond acceptors (Lipinski definition) is 4. The van der Waals surface area contributed by atoms with Gasteiger partial charge in [0.25, 0.3) is 0 Å². The van der Waals surface area contributed by atoms with Gasteiger partial charge in [0.1, 0.15) is 5.52 Å². The minimum Gasteiger partial charge on any atom is -0.464 e. The molecule has 2 aromatic heterocycles. The largest absolute Gasteiger partial charge is 0.464 e. The maximum atomic E-state index is 12.6. The van der Waals surface area contributed by atoms with Gasteiger partial charge in [-0.25, -0.2) is 9.31 Å². The van der Waals surface area contributed by atoms with Gasteiger partial charge >= 0.3 is 12.1 Å². The Morgan fingerprint density at radius 1 is 1.47 bits per heavy atom. The second-order valence-electron chi connectivity index (χ2n) is 3.65. The number of pyridine rings is 1. The Hall–Kier alpha value is -2.38. The van der Waals surface area contributed by atoms with E-state index < -0.39 is 17.7 Å². The van der Waals surface area contributed by atoms with Gasteiger partial charge in [-0.2, -0.15) is 13.2 Å². The summed E-state index contributed by atoms with van der Waals surface area (Å²) < 4.78 is 43.3. The van der Waals surface area contributed by atoms with Crippen LogP contribution in [0.2, 0.25) is 0 Å². The van der Waals surface area contributed by atoms with Crippen LogP contribution in [0.5, 0.6) is 0 Å². The maximum Gasteiger partial charge on any atom is 0.416 e. The van der Waals surface area contributed by atoms with Crippen molar-refractivity contribution in [2.24, 2.45) is 0 Å². The number of carbonyl (C=O) groups excluding carboxylic acids is 1. The van der Waals surface area contributed by atoms with Crippen LogP contribution in [-0.4, -0.2) is 34.1 Å². The minimum absolute atomic E-state index is 0.120. The number of rotatable bonds is 2. The Morgan fingerprint density at radius 2 is 2.16 bits per heavy atom. The number of ether oxygens (including phenoxy) is 1. The molecule has 2 heterocycles. The zero-order valence-electron chi connectivity index (χ0n) is 9.73. The summed E-state index contributed by atoms with van der Waals surface area (Å²) in [5.41, 5.74) is -1.20. The number of aromatic nitrogens is 3. The molecule has 0 aromatic carbocycles. The number of halogens is 3. The van der Waals surface area contributed by atoms with E-state index in [1.807, 2.05) is 0 Å². The van der Waals surface area contributed by atoms with Gasteiger partial charge in [-0.15, -0.1) is 5.10 Å². The van der Waals surface area contributed by atoms with Crippen molar-refractivity contribution in [2.75, 3.05) is 7.11 Å². The lowest BCUT2D eigenvalue weighted by Crippen LogP contribution is -2.10. The van der Waals surface area contributed by atoms with Crippen LogP contribution in [0.15, 0.2) is 24.9 Å². The molecule has 0 amide bonds. The van der Waals surface area contributed by atoms with Crippen molar-refractivity contribution in [3.63, 3.8) is 0 Å². The van der Waals surface area contributed by atoms with Crippen LogP contribution in [0.4, 0.5) is 13.2 Å². The van der Waals surface area contributed by atoms with Crippen molar-refractivity contribution >= 4 is 17.1 Å². The van der Waals surface area contributed by atoms with Crippen molar-refractivity contribution < 1.29 is 22.7 Å². The van der Waals surface area contributed by atoms with E-state index in [4.69, 9.17) is 0 Å². The fraction of sp³-hybridized carbons (Fsp3) is 0.182. The normalized spacial score (nSPS) is 11.6. The summed E-state index contributed by atoms with van der Waals surface area (Å²) >= 11 is 0. The molecule has 0 N–H and O–H groups in total. The van der Waals surface area contributed by atoms with Gasteiger partial charge < -0.3 is 4.74 Å². The van der Waals surface area contributed by atoms with Gasteiger partial charge in [-0.05, 0) is 17.7 Å². The Labute approximate surface area is 105 Å². The van der Waals surface area contributed by atoms with E-state index >= 15 is 0 Å². The third-order valence-electron chi connectivity index (χ3n) is 2.49. The molecule has 0 spiro atoms. The van der Waals surface area contributed by atoms with Gasteiger partial charge in [0, 0.05) is 6.20 Å². The first-order valence-electron chi connectivity index (χ1n) is 5.04. The molecule has 0 bridgehead atoms. The number of hydrogen-bond donors (Lipinski definition) is 0. The maximum absolute atomic E-state index is 12.6. The van der Waals surface area contributed by atoms with Gasteiger partial charge in [0.2, 0.25) is 0 Å². The van der Waals surface area contributed by atoms with Crippen LogP contribution in [0, 0.1) is 0 Å². The molecule has 5 nitrogen and oxygen atoms in total. The summed E-state index contributed by atoms with van der Waals surface area (Å²) in [5, 5.41) is 7.16. The van der Waals surface area contributed by atoms with Crippen LogP contribution in [0.3, 0.4) is 0 Å². The average molecular weight is 271 g/mol. The molecule has 0 fully saturated rings. The molecule has 0 atom stereocenters. The van der Waals surface area contributed by atoms with Crippen LogP contribution >= 0.6 is 0 Å². The number of esters is 1. The summed E-state index contributed by atoms with van der Waals surface area (Å²) in [4.78, 5) is 11.4. The highest BCUT2D eigenvalue weighted by Crippen LogP contribution is 2.32. The van der Waals surface area contributed by atoms with Crippen LogP contribution < -0.4 is 0 Å². The van der Waals surface area contributed by atoms with Crippen molar-refractivity contribution in [3.8, 4) is 0 Å². The molecule has 0 saturated carbocycles. The molecular formula is C11H8F3N3O2. The van der Waals surface area contributed by atoms with Crippen molar-refractivity contribution in [2.45, 2.75) is 6.18 Å². The van der Waals surface area contributed by atoms with E-state index in [9.17, 15) is 18.0 Å². The summed E-state index contributed by atoms with van der Waals surface area (Å²) in [6.07, 6.45) is -3.28. The molecule has 2 rings (SSSR count). The molecule has 100 valence electrons. The predicted molar refractivity (Wildman–Crippen MR) is 59.4 cm³/mol. The van der Waals surface area contributed by atoms with E-state index in [-0.39, 0.29) is 16.8 Å². The fourth-order valence-electron chi connectivity index (χ4n) is 1.49. The zero-order chi connectivity index (χ0) is 14.2. The first-order valence-corrected chi connectivity index (χ1v) is 5.04. The first-order chi connectivity index (χ1) is 8.84. The second kappa shape index (κ2) is 4.38. The second-order valence-corrected chi connectivity index (χ2v) is 3.65. The molecule has 0 aliphatic carbocycles. The lowest BCUT2D eigenvalue weighted by atomic mass is 10.1. The summed E-state index contributed by atoms with van der Waals surface area (Å²) in [5.74, 6) is -0.773. The molecule has 0 unspecified atom stereocenters. The monoisotopic (exact) mass is 271 g/mol. The average Bonchev–Trinajstić information content (AvgIpc) is 2.78. The topological polar surface area (TPSA) is 56.5 Å². The Bertz CT molecular complexity index is 661. The van der Waals surface area contributed by atoms with Crippen molar-refractivity contribution in [3.05, 3.63) is 36.2 Å². The molecule has 8 heteroatoms. The molecule has 0 saturated heterocycles. The molecule has 19 heavy (non-hydrogen) atoms. The van der Waals surface area contributed by atoms with Crippen LogP contribution in [0.1, 0.15) is 16.1 Å². The standard InChI is InChI=1S/C11H8F3N3O2/c1-6(11(12,13)14)7-3-4-17-8(5-7)9(15-16-17)10(18)19-2/h3-5H,1H2,2H3. The third-order valence-corrected chi connectivity index (χ3v) is 2.49. The lowest BCUT2D eigenvalue weighted by molar-refractivity contribution is -0.0686. The van der Waals surface area contributed by atoms with Crippen LogP contribution in [-0.2, 0) is 4.74 Å². The van der Waals surface area contributed by atoms with E-state index in [1.54, 1.807) is 0 Å². The first kappa shape index (κ1) is 13.1. The molecular weight excluding hydrogens is 263 g/mol. The highest BCUT2D eigenvalue weighted by molar-refractivity contribution is 5.95. The number of allylic oxidation sites excluding steroid dienone is 1. The quantitative estimate of drug-likeness (QED) is 0.785. The fourth-order valence-corrected chi connectivity index (χ4v) is 1.49. The third kappa shape index (κ3) is 2.28. The number of fused-ring (bicyclic) bond motifs is 1. The Balaban J connectivity index is 2.56. The molecule has 2 aromatic rings. The lowest BCUT2D eigenvalue weighted by Gasteiger charge is -2.10. The van der Waals surface area contributed by atoms with Gasteiger partial charge in [0.15, 0.2) is 5.69 Å².